The number of rotatable bonds is 5. The monoisotopic (exact) mass is 514 g/mol. The van der Waals surface area contributed by atoms with E-state index in [9.17, 15) is 18.5 Å². The van der Waals surface area contributed by atoms with Gasteiger partial charge in [0.2, 0.25) is 0 Å². The molecule has 1 N–H and O–H groups in total. The van der Waals surface area contributed by atoms with Gasteiger partial charge in [-0.25, -0.2) is 13.4 Å². The average Bonchev–Trinajstić information content (AvgIpc) is 3.26. The number of hydrogen-bond donors (Lipinski definition) is 1. The van der Waals surface area contributed by atoms with E-state index in [0.717, 1.165) is 5.69 Å². The number of benzene rings is 2. The number of thioether (sulfide) groups is 1. The number of halogens is 1. The second kappa shape index (κ2) is 9.82. The summed E-state index contributed by atoms with van der Waals surface area (Å²) in [5.41, 5.74) is 2.35. The largest absolute Gasteiger partial charge is 0.321 e. The maximum absolute atomic E-state index is 12.6. The molecule has 2 atom stereocenters. The van der Waals surface area contributed by atoms with E-state index in [1.165, 1.54) is 23.5 Å². The second-order valence-corrected chi connectivity index (χ2v) is 12.2. The Balaban J connectivity index is 1.62. The number of carbonyl (C=O) groups excluding carboxylic acids is 1. The molecule has 0 saturated carbocycles. The van der Waals surface area contributed by atoms with Gasteiger partial charge in [-0.15, -0.1) is 0 Å². The summed E-state index contributed by atoms with van der Waals surface area (Å²) in [7, 11) is -3.14. The van der Waals surface area contributed by atoms with Crippen LogP contribution in [0.2, 0.25) is 5.02 Å². The van der Waals surface area contributed by atoms with Crippen LogP contribution < -0.4 is 10.2 Å². The number of fused-ring (bicyclic) bond motifs is 1. The molecular formula is C24H23ClN4O3S2. The first-order valence-corrected chi connectivity index (χ1v) is 13.8. The second-order valence-electron chi connectivity index (χ2n) is 8.44. The molecule has 4 rings (SSSR count). The van der Waals surface area contributed by atoms with Crippen LogP contribution in [0.1, 0.15) is 25.3 Å². The lowest BCUT2D eigenvalue weighted by Gasteiger charge is -2.25. The number of hydrogen-bond acceptors (Lipinski definition) is 6. The third-order valence-corrected chi connectivity index (χ3v) is 9.15. The molecule has 34 heavy (non-hydrogen) atoms. The van der Waals surface area contributed by atoms with Gasteiger partial charge in [-0.2, -0.15) is 5.26 Å². The van der Waals surface area contributed by atoms with Crippen molar-refractivity contribution < 1.29 is 13.2 Å². The molecule has 0 spiro atoms. The van der Waals surface area contributed by atoms with Crippen LogP contribution >= 0.6 is 23.4 Å². The van der Waals surface area contributed by atoms with Gasteiger partial charge in [0.05, 0.1) is 23.7 Å². The lowest BCUT2D eigenvalue weighted by molar-refractivity contribution is -0.112. The zero-order valence-corrected chi connectivity index (χ0v) is 21.0. The minimum atomic E-state index is -3.14. The Kier molecular flexibility index (Phi) is 7.03. The Morgan fingerprint density at radius 1 is 1.21 bits per heavy atom. The Hall–Kier alpha value is -2.80. The van der Waals surface area contributed by atoms with E-state index in [1.807, 2.05) is 35.2 Å². The first-order chi connectivity index (χ1) is 16.2. The van der Waals surface area contributed by atoms with Crippen molar-refractivity contribution in [3.8, 4) is 6.07 Å². The van der Waals surface area contributed by atoms with Crippen molar-refractivity contribution in [2.75, 3.05) is 21.7 Å². The van der Waals surface area contributed by atoms with Gasteiger partial charge >= 0.3 is 0 Å². The normalized spacial score (nSPS) is 22.6. The number of carbonyl (C=O) groups is 1. The Morgan fingerprint density at radius 2 is 1.88 bits per heavy atom. The zero-order chi connectivity index (χ0) is 24.5. The fraction of sp³-hybridized carbons (Fsp3) is 0.292. The quantitative estimate of drug-likeness (QED) is 0.462. The number of aliphatic imine (C=N–C) groups is 1. The van der Waals surface area contributed by atoms with Gasteiger partial charge in [0, 0.05) is 21.6 Å². The summed E-state index contributed by atoms with van der Waals surface area (Å²) in [4.78, 5) is 18.9. The van der Waals surface area contributed by atoms with Gasteiger partial charge in [-0.1, -0.05) is 49.3 Å². The van der Waals surface area contributed by atoms with E-state index in [0.29, 0.717) is 21.8 Å². The molecule has 0 radical (unpaired) electrons. The van der Waals surface area contributed by atoms with E-state index >= 15 is 0 Å². The molecule has 2 aromatic carbocycles. The number of amidine groups is 1. The molecule has 7 nitrogen and oxygen atoms in total. The van der Waals surface area contributed by atoms with Gasteiger partial charge in [0.25, 0.3) is 5.91 Å². The first kappa shape index (κ1) is 24.3. The minimum absolute atomic E-state index is 0.0431. The van der Waals surface area contributed by atoms with Crippen LogP contribution in [-0.2, 0) is 14.6 Å². The highest BCUT2D eigenvalue weighted by Crippen LogP contribution is 2.41. The Labute approximate surface area is 208 Å². The summed E-state index contributed by atoms with van der Waals surface area (Å²) in [6, 6.07) is 16.1. The summed E-state index contributed by atoms with van der Waals surface area (Å²) < 4.78 is 24.5. The summed E-state index contributed by atoms with van der Waals surface area (Å²) in [6.45, 7) is 4.22. The number of anilines is 2. The highest BCUT2D eigenvalue weighted by Gasteiger charge is 2.49. The maximum Gasteiger partial charge on any atom is 0.267 e. The molecule has 2 fully saturated rings. The maximum atomic E-state index is 12.6. The van der Waals surface area contributed by atoms with Crippen molar-refractivity contribution in [2.45, 2.75) is 31.1 Å². The van der Waals surface area contributed by atoms with Gasteiger partial charge < -0.3 is 10.2 Å². The highest BCUT2D eigenvalue weighted by atomic mass is 35.5. The summed E-state index contributed by atoms with van der Waals surface area (Å²) in [6.07, 6.45) is 1.23. The molecule has 1 amide bonds. The highest BCUT2D eigenvalue weighted by molar-refractivity contribution is 8.16. The molecule has 2 saturated heterocycles. The topological polar surface area (TPSA) is 103 Å². The van der Waals surface area contributed by atoms with Crippen molar-refractivity contribution in [3.63, 3.8) is 0 Å². The summed E-state index contributed by atoms with van der Waals surface area (Å²) in [5, 5.41) is 13.1. The van der Waals surface area contributed by atoms with Crippen LogP contribution in [-0.4, -0.2) is 42.3 Å². The first-order valence-electron chi connectivity index (χ1n) is 10.7. The van der Waals surface area contributed by atoms with E-state index in [-0.39, 0.29) is 28.4 Å². The van der Waals surface area contributed by atoms with E-state index in [1.54, 1.807) is 24.3 Å². The van der Waals surface area contributed by atoms with E-state index < -0.39 is 15.7 Å². The van der Waals surface area contributed by atoms with Crippen LogP contribution in [0.25, 0.3) is 0 Å². The van der Waals surface area contributed by atoms with Crippen LogP contribution in [0.3, 0.4) is 0 Å². The van der Waals surface area contributed by atoms with E-state index in [4.69, 9.17) is 11.6 Å². The van der Waals surface area contributed by atoms with Gasteiger partial charge in [0.15, 0.2) is 15.0 Å². The van der Waals surface area contributed by atoms with Crippen molar-refractivity contribution in [1.29, 1.82) is 5.26 Å². The fourth-order valence-electron chi connectivity index (χ4n) is 3.89. The number of amides is 1. The van der Waals surface area contributed by atoms with Crippen molar-refractivity contribution in [1.82, 2.24) is 0 Å². The van der Waals surface area contributed by atoms with Crippen molar-refractivity contribution in [2.24, 2.45) is 4.99 Å². The molecule has 0 bridgehead atoms. The SMILES string of the molecule is CC(C)c1ccc(N2C(=N/C=C(/C#N)C(=O)Nc3ccc(Cl)cc3)S[C@@H]3CS(=O)(=O)C[C@H]32)cc1. The Morgan fingerprint density at radius 3 is 2.50 bits per heavy atom. The third kappa shape index (κ3) is 5.30. The molecule has 10 heteroatoms. The predicted molar refractivity (Wildman–Crippen MR) is 138 cm³/mol. The van der Waals surface area contributed by atoms with E-state index in [2.05, 4.69) is 24.2 Å². The molecule has 0 aromatic heterocycles. The summed E-state index contributed by atoms with van der Waals surface area (Å²) >= 11 is 7.23. The molecule has 0 aliphatic carbocycles. The van der Waals surface area contributed by atoms with Crippen LogP contribution in [0, 0.1) is 11.3 Å². The smallest absolute Gasteiger partial charge is 0.267 e. The summed E-state index contributed by atoms with van der Waals surface area (Å²) in [5.74, 6) is -0.0993. The number of nitrogens with one attached hydrogen (secondary N) is 1. The molecule has 2 aromatic rings. The Bertz CT molecular complexity index is 1300. The third-order valence-electron chi connectivity index (χ3n) is 5.68. The van der Waals surface area contributed by atoms with Crippen molar-refractivity contribution in [3.05, 3.63) is 70.9 Å². The number of sulfone groups is 1. The molecule has 2 aliphatic heterocycles. The van der Waals surface area contributed by atoms with Crippen LogP contribution in [0.4, 0.5) is 11.4 Å². The lowest BCUT2D eigenvalue weighted by Crippen LogP contribution is -2.37. The zero-order valence-electron chi connectivity index (χ0n) is 18.6. The average molecular weight is 515 g/mol. The van der Waals surface area contributed by atoms with Gasteiger partial charge in [-0.3, -0.25) is 4.79 Å². The molecule has 2 aliphatic rings. The minimum Gasteiger partial charge on any atom is -0.321 e. The molecule has 2 heterocycles. The lowest BCUT2D eigenvalue weighted by atomic mass is 10.0. The predicted octanol–water partition coefficient (Wildman–Crippen LogP) is 4.58. The van der Waals surface area contributed by atoms with Gasteiger partial charge in [0.1, 0.15) is 11.6 Å². The van der Waals surface area contributed by atoms with Crippen LogP contribution in [0.15, 0.2) is 65.3 Å². The fourth-order valence-corrected chi connectivity index (χ4v) is 7.90. The number of nitriles is 1. The molecule has 0 unspecified atom stereocenters. The standard InChI is InChI=1S/C24H23ClN4O3S2/c1-15(2)16-3-9-20(10-4-16)29-21-13-34(31,32)14-22(21)33-24(29)27-12-17(11-26)23(30)28-19-7-5-18(25)6-8-19/h3-10,12,15,21-22H,13-14H2,1-2H3,(H,28,30)/b17-12-,27-24?/t21-,22-/m1/s1. The van der Waals surface area contributed by atoms with Crippen LogP contribution in [0.5, 0.6) is 0 Å². The van der Waals surface area contributed by atoms with Gasteiger partial charge in [-0.05, 0) is 47.9 Å². The van der Waals surface area contributed by atoms with Crippen molar-refractivity contribution >= 4 is 55.6 Å². The molecular weight excluding hydrogens is 492 g/mol. The number of nitrogens with zero attached hydrogens (tertiary/aromatic N) is 3. The molecule has 176 valence electrons.